The van der Waals surface area contributed by atoms with Crippen LogP contribution in [-0.4, -0.2) is 59.3 Å². The first-order valence-electron chi connectivity index (χ1n) is 9.34. The van der Waals surface area contributed by atoms with Crippen molar-refractivity contribution in [2.24, 2.45) is 5.92 Å². The van der Waals surface area contributed by atoms with Gasteiger partial charge >= 0.3 is 0 Å². The Morgan fingerprint density at radius 3 is 2.56 bits per heavy atom. The average Bonchev–Trinajstić information content (AvgIpc) is 2.98. The van der Waals surface area contributed by atoms with Crippen molar-refractivity contribution in [3.63, 3.8) is 0 Å². The summed E-state index contributed by atoms with van der Waals surface area (Å²) in [4.78, 5) is 24.8. The van der Waals surface area contributed by atoms with Crippen LogP contribution in [0.4, 0.5) is 11.6 Å². The first-order chi connectivity index (χ1) is 12.1. The Morgan fingerprint density at radius 2 is 1.92 bits per heavy atom. The highest BCUT2D eigenvalue weighted by atomic mass is 16.3. The fourth-order valence-corrected chi connectivity index (χ4v) is 3.92. The summed E-state index contributed by atoms with van der Waals surface area (Å²) in [5.41, 5.74) is 0. The molecule has 1 aromatic heterocycles. The number of hydrogen-bond donors (Lipinski definition) is 2. The molecular weight excluding hydrogens is 318 g/mol. The number of aromatic nitrogens is 2. The Labute approximate surface area is 149 Å². The summed E-state index contributed by atoms with van der Waals surface area (Å²) in [6.45, 7) is 7.11. The van der Waals surface area contributed by atoms with Crippen LogP contribution in [0.1, 0.15) is 39.5 Å². The van der Waals surface area contributed by atoms with E-state index in [0.717, 1.165) is 63.5 Å². The van der Waals surface area contributed by atoms with Crippen LogP contribution in [0, 0.1) is 5.92 Å². The van der Waals surface area contributed by atoms with Crippen LogP contribution in [0.25, 0.3) is 0 Å². The summed E-state index contributed by atoms with van der Waals surface area (Å²) in [6, 6.07) is 2.22. The lowest BCUT2D eigenvalue weighted by Crippen LogP contribution is -2.39. The molecule has 7 heteroatoms. The Balaban J connectivity index is 1.71. The third-order valence-corrected chi connectivity index (χ3v) is 5.24. The smallest absolute Gasteiger partial charge is 0.217 e. The van der Waals surface area contributed by atoms with Crippen LogP contribution in [0.15, 0.2) is 12.4 Å². The molecule has 2 saturated heterocycles. The maximum Gasteiger partial charge on any atom is 0.217 e. The second-order valence-corrected chi connectivity index (χ2v) is 7.21. The van der Waals surface area contributed by atoms with Gasteiger partial charge in [0.2, 0.25) is 5.91 Å². The van der Waals surface area contributed by atoms with Gasteiger partial charge in [0.15, 0.2) is 0 Å². The molecule has 2 aliphatic heterocycles. The monoisotopic (exact) mass is 347 g/mol. The molecule has 2 N–H and O–H groups in total. The van der Waals surface area contributed by atoms with Gasteiger partial charge in [-0.1, -0.05) is 13.3 Å². The van der Waals surface area contributed by atoms with Crippen molar-refractivity contribution in [3.05, 3.63) is 12.4 Å². The Kier molecular flexibility index (Phi) is 5.73. The molecule has 0 unspecified atom stereocenters. The average molecular weight is 347 g/mol. The Hall–Kier alpha value is -1.89. The van der Waals surface area contributed by atoms with Crippen molar-refractivity contribution in [2.75, 3.05) is 36.0 Å². The van der Waals surface area contributed by atoms with Gasteiger partial charge in [0.1, 0.15) is 18.0 Å². The molecule has 1 aromatic rings. The van der Waals surface area contributed by atoms with Crippen molar-refractivity contribution in [1.29, 1.82) is 0 Å². The van der Waals surface area contributed by atoms with Gasteiger partial charge in [-0.25, -0.2) is 9.97 Å². The lowest BCUT2D eigenvalue weighted by Gasteiger charge is -2.31. The lowest BCUT2D eigenvalue weighted by molar-refractivity contribution is -0.119. The summed E-state index contributed by atoms with van der Waals surface area (Å²) >= 11 is 0. The van der Waals surface area contributed by atoms with Crippen LogP contribution in [0.2, 0.25) is 0 Å². The molecule has 2 aliphatic rings. The normalized spacial score (nSPS) is 24.6. The summed E-state index contributed by atoms with van der Waals surface area (Å²) in [5, 5.41) is 12.8. The molecule has 138 valence electrons. The first kappa shape index (κ1) is 17.9. The molecule has 0 aromatic carbocycles. The standard InChI is InChI=1S/C18H29N5O2/c1-3-4-14-10-23(11-16(14)21-13(2)24)18-9-17(19-12-20-18)22-7-5-15(25)6-8-22/h9,12,14-16,25H,3-8,10-11H2,1-2H3,(H,21,24)/t14-,16-/m1/s1. The molecule has 7 nitrogen and oxygen atoms in total. The second-order valence-electron chi connectivity index (χ2n) is 7.21. The summed E-state index contributed by atoms with van der Waals surface area (Å²) < 4.78 is 0. The lowest BCUT2D eigenvalue weighted by atomic mass is 9.98. The van der Waals surface area contributed by atoms with Crippen molar-refractivity contribution in [1.82, 2.24) is 15.3 Å². The zero-order valence-corrected chi connectivity index (χ0v) is 15.2. The van der Waals surface area contributed by atoms with Crippen LogP contribution in [-0.2, 0) is 4.79 Å². The van der Waals surface area contributed by atoms with Gasteiger partial charge in [-0.15, -0.1) is 0 Å². The third-order valence-electron chi connectivity index (χ3n) is 5.24. The van der Waals surface area contributed by atoms with Crippen LogP contribution in [0.5, 0.6) is 0 Å². The SMILES string of the molecule is CCC[C@@H]1CN(c2cc(N3CCC(O)CC3)ncn2)C[C@H]1NC(C)=O. The van der Waals surface area contributed by atoms with E-state index in [4.69, 9.17) is 0 Å². The summed E-state index contributed by atoms with van der Waals surface area (Å²) in [5.74, 6) is 2.33. The fraction of sp³-hybridized carbons (Fsp3) is 0.722. The van der Waals surface area contributed by atoms with Gasteiger partial charge in [0.05, 0.1) is 12.1 Å². The highest BCUT2D eigenvalue weighted by Crippen LogP contribution is 2.28. The second kappa shape index (κ2) is 7.99. The molecule has 0 radical (unpaired) electrons. The number of carbonyl (C=O) groups is 1. The molecular formula is C18H29N5O2. The Bertz CT molecular complexity index is 589. The number of amides is 1. The minimum atomic E-state index is -0.190. The number of carbonyl (C=O) groups excluding carboxylic acids is 1. The molecule has 0 bridgehead atoms. The zero-order valence-electron chi connectivity index (χ0n) is 15.2. The number of hydrogen-bond acceptors (Lipinski definition) is 6. The van der Waals surface area contributed by atoms with E-state index >= 15 is 0 Å². The van der Waals surface area contributed by atoms with Crippen LogP contribution >= 0.6 is 0 Å². The maximum absolute atomic E-state index is 11.5. The molecule has 0 aliphatic carbocycles. The van der Waals surface area contributed by atoms with Gasteiger partial charge in [0.25, 0.3) is 0 Å². The van der Waals surface area contributed by atoms with Crippen molar-refractivity contribution in [3.8, 4) is 0 Å². The molecule has 1 amide bonds. The van der Waals surface area contributed by atoms with Gasteiger partial charge in [-0.05, 0) is 25.2 Å². The Morgan fingerprint density at radius 1 is 1.24 bits per heavy atom. The molecule has 25 heavy (non-hydrogen) atoms. The van der Waals surface area contributed by atoms with E-state index < -0.39 is 0 Å². The minimum absolute atomic E-state index is 0.0307. The van der Waals surface area contributed by atoms with Crippen molar-refractivity contribution < 1.29 is 9.90 Å². The number of piperidine rings is 1. The van der Waals surface area contributed by atoms with Crippen molar-refractivity contribution in [2.45, 2.75) is 51.7 Å². The number of nitrogens with one attached hydrogen (secondary N) is 1. The molecule has 3 rings (SSSR count). The van der Waals surface area contributed by atoms with E-state index in [2.05, 4.69) is 32.0 Å². The van der Waals surface area contributed by atoms with Gasteiger partial charge < -0.3 is 20.2 Å². The molecule has 2 fully saturated rings. The predicted molar refractivity (Wildman–Crippen MR) is 97.7 cm³/mol. The van der Waals surface area contributed by atoms with E-state index in [1.54, 1.807) is 13.3 Å². The predicted octanol–water partition coefficient (Wildman–Crippen LogP) is 1.18. The van der Waals surface area contributed by atoms with Gasteiger partial charge in [0, 0.05) is 39.2 Å². The van der Waals surface area contributed by atoms with E-state index in [1.165, 1.54) is 0 Å². The third kappa shape index (κ3) is 4.39. The van der Waals surface area contributed by atoms with Gasteiger partial charge in [-0.3, -0.25) is 4.79 Å². The number of aliphatic hydroxyl groups is 1. The molecule has 3 heterocycles. The molecule has 0 saturated carbocycles. The minimum Gasteiger partial charge on any atom is -0.393 e. The topological polar surface area (TPSA) is 81.6 Å². The number of anilines is 2. The molecule has 0 spiro atoms. The number of aliphatic hydroxyl groups excluding tert-OH is 1. The highest BCUT2D eigenvalue weighted by Gasteiger charge is 2.33. The van der Waals surface area contributed by atoms with Crippen LogP contribution < -0.4 is 15.1 Å². The van der Waals surface area contributed by atoms with E-state index in [0.29, 0.717) is 5.92 Å². The van der Waals surface area contributed by atoms with E-state index in [9.17, 15) is 9.90 Å². The zero-order chi connectivity index (χ0) is 17.8. The van der Waals surface area contributed by atoms with E-state index in [-0.39, 0.29) is 18.1 Å². The van der Waals surface area contributed by atoms with Crippen molar-refractivity contribution >= 4 is 17.5 Å². The van der Waals surface area contributed by atoms with E-state index in [1.807, 2.05) is 6.07 Å². The first-order valence-corrected chi connectivity index (χ1v) is 9.34. The number of nitrogens with zero attached hydrogens (tertiary/aromatic N) is 4. The quantitative estimate of drug-likeness (QED) is 0.832. The highest BCUT2D eigenvalue weighted by molar-refractivity contribution is 5.73. The van der Waals surface area contributed by atoms with Gasteiger partial charge in [-0.2, -0.15) is 0 Å². The largest absolute Gasteiger partial charge is 0.393 e. The summed E-state index contributed by atoms with van der Waals surface area (Å²) in [6.07, 6.45) is 5.21. The fourth-order valence-electron chi connectivity index (χ4n) is 3.92. The van der Waals surface area contributed by atoms with Crippen LogP contribution in [0.3, 0.4) is 0 Å². The summed E-state index contributed by atoms with van der Waals surface area (Å²) in [7, 11) is 0. The number of rotatable bonds is 5. The molecule has 2 atom stereocenters. The maximum atomic E-state index is 11.5.